The van der Waals surface area contributed by atoms with Gasteiger partial charge in [-0.05, 0) is 37.8 Å². The maximum absolute atomic E-state index is 13.3. The molecule has 1 saturated heterocycles. The van der Waals surface area contributed by atoms with Crippen molar-refractivity contribution in [3.05, 3.63) is 41.4 Å². The predicted octanol–water partition coefficient (Wildman–Crippen LogP) is 3.57. The smallest absolute Gasteiger partial charge is 0.409 e. The zero-order chi connectivity index (χ0) is 27.5. The Morgan fingerprint density at radius 2 is 1.85 bits per heavy atom. The van der Waals surface area contributed by atoms with Gasteiger partial charge in [-0.25, -0.2) is 14.8 Å². The lowest BCUT2D eigenvalue weighted by atomic mass is 9.84. The molecule has 3 aromatic heterocycles. The Morgan fingerprint density at radius 1 is 1.05 bits per heavy atom. The van der Waals surface area contributed by atoms with Crippen LogP contribution in [0.2, 0.25) is 5.02 Å². The molecule has 1 aliphatic heterocycles. The van der Waals surface area contributed by atoms with Crippen molar-refractivity contribution in [1.82, 2.24) is 14.9 Å². The fourth-order valence-electron chi connectivity index (χ4n) is 4.86. The molecule has 4 amide bonds. The number of ether oxygens (including phenoxy) is 1. The first kappa shape index (κ1) is 26.4. The highest BCUT2D eigenvalue weighted by molar-refractivity contribution is 6.30. The molecule has 1 aliphatic carbocycles. The molecule has 0 aromatic carbocycles. The van der Waals surface area contributed by atoms with Gasteiger partial charge in [-0.2, -0.15) is 0 Å². The van der Waals surface area contributed by atoms with Crippen LogP contribution < -0.4 is 16.0 Å². The molecule has 0 atom stereocenters. The number of nitrogens with zero attached hydrogens (tertiary/aromatic N) is 3. The first-order valence-electron chi connectivity index (χ1n) is 12.3. The first-order valence-corrected chi connectivity index (χ1v) is 12.7. The molecule has 0 bridgehead atoms. The highest BCUT2D eigenvalue weighted by atomic mass is 35.5. The van der Waals surface area contributed by atoms with Crippen molar-refractivity contribution in [3.63, 3.8) is 0 Å². The van der Waals surface area contributed by atoms with Crippen LogP contribution in [-0.2, 0) is 14.3 Å². The summed E-state index contributed by atoms with van der Waals surface area (Å²) in [4.78, 5) is 59.8. The van der Waals surface area contributed by atoms with Gasteiger partial charge < -0.3 is 29.8 Å². The van der Waals surface area contributed by atoms with Gasteiger partial charge in [0.25, 0.3) is 5.91 Å². The molecule has 204 valence electrons. The molecule has 3 aromatic rings. The Kier molecular flexibility index (Phi) is 7.61. The minimum absolute atomic E-state index is 0.0346. The number of nitrogens with one attached hydrogen (secondary N) is 3. The number of hydrogen-bond acceptors (Lipinski definition) is 8. The van der Waals surface area contributed by atoms with E-state index in [0.717, 1.165) is 0 Å². The average molecular weight is 557 g/mol. The van der Waals surface area contributed by atoms with Gasteiger partial charge in [-0.3, -0.25) is 19.7 Å². The van der Waals surface area contributed by atoms with Gasteiger partial charge in [0.05, 0.1) is 23.5 Å². The number of morpholine rings is 1. The van der Waals surface area contributed by atoms with Crippen LogP contribution in [0, 0.1) is 5.92 Å². The normalized spacial score (nSPS) is 19.5. The van der Waals surface area contributed by atoms with Crippen LogP contribution in [0.15, 0.2) is 35.0 Å². The number of pyridine rings is 2. The number of anilines is 3. The van der Waals surface area contributed by atoms with Crippen LogP contribution in [-0.4, -0.2) is 69.6 Å². The summed E-state index contributed by atoms with van der Waals surface area (Å²) in [6.45, 7) is 1.14. The molecule has 4 heterocycles. The van der Waals surface area contributed by atoms with Gasteiger partial charge in [0.1, 0.15) is 23.6 Å². The van der Waals surface area contributed by atoms with Crippen LogP contribution in [0.4, 0.5) is 22.0 Å². The minimum Gasteiger partial charge on any atom is -0.465 e. The lowest BCUT2D eigenvalue weighted by molar-refractivity contribution is -0.146. The van der Waals surface area contributed by atoms with Gasteiger partial charge >= 0.3 is 6.09 Å². The molecule has 0 spiro atoms. The average Bonchev–Trinajstić information content (AvgIpc) is 3.27. The van der Waals surface area contributed by atoms with Crippen molar-refractivity contribution in [2.75, 3.05) is 35.7 Å². The van der Waals surface area contributed by atoms with E-state index in [1.807, 2.05) is 4.90 Å². The summed E-state index contributed by atoms with van der Waals surface area (Å²) >= 11 is 5.86. The second kappa shape index (κ2) is 11.3. The molecular weight excluding hydrogens is 532 g/mol. The summed E-state index contributed by atoms with van der Waals surface area (Å²) in [7, 11) is 0. The third kappa shape index (κ3) is 5.94. The Bertz CT molecular complexity index is 1420. The summed E-state index contributed by atoms with van der Waals surface area (Å²) < 4.78 is 11.0. The van der Waals surface area contributed by atoms with Crippen LogP contribution in [0.25, 0.3) is 11.1 Å². The summed E-state index contributed by atoms with van der Waals surface area (Å²) in [5, 5.41) is 17.0. The Balaban J connectivity index is 1.36. The highest BCUT2D eigenvalue weighted by Crippen LogP contribution is 2.34. The van der Waals surface area contributed by atoms with E-state index in [4.69, 9.17) is 25.9 Å². The molecule has 4 N–H and O–H groups in total. The third-order valence-electron chi connectivity index (χ3n) is 6.73. The number of amides is 4. The molecule has 2 fully saturated rings. The number of aromatic nitrogens is 2. The van der Waals surface area contributed by atoms with E-state index in [1.165, 1.54) is 24.5 Å². The van der Waals surface area contributed by atoms with E-state index in [-0.39, 0.29) is 64.4 Å². The molecule has 39 heavy (non-hydrogen) atoms. The number of carbonyl (C=O) groups excluding carboxylic acids is 3. The molecule has 0 unspecified atom stereocenters. The zero-order valence-corrected chi connectivity index (χ0v) is 21.4. The quantitative estimate of drug-likeness (QED) is 0.353. The Hall–Kier alpha value is -4.23. The van der Waals surface area contributed by atoms with E-state index >= 15 is 0 Å². The maximum atomic E-state index is 13.3. The Labute approximate surface area is 226 Å². The lowest BCUT2D eigenvalue weighted by Gasteiger charge is -2.38. The standard InChI is InChI=1S/C25H25ClN6O7/c26-14-3-6-18(27-10-14)30-24(35)22-21(20-17(39-22)9-15(11-28-20)29-25(36)37)31-23(34)13-1-4-16(5-2-13)32-7-8-38-12-19(32)33/h3,6,9-11,13,16,29H,1-2,4-5,7-8,12H2,(H,31,34)(H,36,37)(H,27,30,35)/t13-,16-. The van der Waals surface area contributed by atoms with E-state index < -0.39 is 12.0 Å². The summed E-state index contributed by atoms with van der Waals surface area (Å²) in [6.07, 6.45) is 3.80. The maximum Gasteiger partial charge on any atom is 0.409 e. The second-order valence-corrected chi connectivity index (χ2v) is 9.69. The number of fused-ring (bicyclic) bond motifs is 1. The highest BCUT2D eigenvalue weighted by Gasteiger charge is 2.34. The van der Waals surface area contributed by atoms with Gasteiger partial charge in [0.15, 0.2) is 5.58 Å². The van der Waals surface area contributed by atoms with E-state index in [9.17, 15) is 19.2 Å². The van der Waals surface area contributed by atoms with Crippen molar-refractivity contribution in [2.45, 2.75) is 31.7 Å². The SMILES string of the molecule is O=C(O)Nc1cnc2c(NC(=O)[C@H]3CC[C@H](N4CCOCC4=O)CC3)c(C(=O)Nc3ccc(Cl)cn3)oc2c1. The number of carbonyl (C=O) groups is 4. The number of rotatable bonds is 6. The fraction of sp³-hybridized carbons (Fsp3) is 0.360. The minimum atomic E-state index is -1.29. The molecular formula is C25H25ClN6O7. The molecule has 0 radical (unpaired) electrons. The van der Waals surface area contributed by atoms with Crippen LogP contribution >= 0.6 is 11.6 Å². The molecule has 5 rings (SSSR count). The van der Waals surface area contributed by atoms with Crippen molar-refractivity contribution in [2.24, 2.45) is 5.92 Å². The van der Waals surface area contributed by atoms with E-state index in [1.54, 1.807) is 6.07 Å². The van der Waals surface area contributed by atoms with Crippen LogP contribution in [0.1, 0.15) is 36.2 Å². The third-order valence-corrected chi connectivity index (χ3v) is 6.96. The zero-order valence-electron chi connectivity index (χ0n) is 20.6. The Morgan fingerprint density at radius 3 is 2.54 bits per heavy atom. The fourth-order valence-corrected chi connectivity index (χ4v) is 4.97. The monoisotopic (exact) mass is 556 g/mol. The van der Waals surface area contributed by atoms with Crippen molar-refractivity contribution >= 4 is 63.7 Å². The van der Waals surface area contributed by atoms with Crippen LogP contribution in [0.3, 0.4) is 0 Å². The largest absolute Gasteiger partial charge is 0.465 e. The van der Waals surface area contributed by atoms with Crippen molar-refractivity contribution in [3.8, 4) is 0 Å². The van der Waals surface area contributed by atoms with Crippen molar-refractivity contribution < 1.29 is 33.4 Å². The molecule has 14 heteroatoms. The molecule has 1 saturated carbocycles. The van der Waals surface area contributed by atoms with Gasteiger partial charge in [-0.1, -0.05) is 11.6 Å². The number of halogens is 1. The second-order valence-electron chi connectivity index (χ2n) is 9.26. The first-order chi connectivity index (χ1) is 18.8. The topological polar surface area (TPSA) is 176 Å². The summed E-state index contributed by atoms with van der Waals surface area (Å²) in [5.41, 5.74) is 0.471. The molecule has 13 nitrogen and oxygen atoms in total. The predicted molar refractivity (Wildman–Crippen MR) is 140 cm³/mol. The van der Waals surface area contributed by atoms with Crippen molar-refractivity contribution in [1.29, 1.82) is 0 Å². The van der Waals surface area contributed by atoms with E-state index in [0.29, 0.717) is 43.9 Å². The number of carboxylic acid groups (broad SMARTS) is 1. The van der Waals surface area contributed by atoms with Gasteiger partial charge in [0.2, 0.25) is 17.6 Å². The summed E-state index contributed by atoms with van der Waals surface area (Å²) in [5.74, 6) is -1.39. The lowest BCUT2D eigenvalue weighted by Crippen LogP contribution is -2.49. The molecule has 2 aliphatic rings. The van der Waals surface area contributed by atoms with Gasteiger partial charge in [-0.15, -0.1) is 0 Å². The van der Waals surface area contributed by atoms with E-state index in [2.05, 4.69) is 25.9 Å². The van der Waals surface area contributed by atoms with Crippen LogP contribution in [0.5, 0.6) is 0 Å². The number of hydrogen-bond donors (Lipinski definition) is 4. The van der Waals surface area contributed by atoms with Gasteiger partial charge in [0, 0.05) is 30.8 Å². The number of furan rings is 1. The summed E-state index contributed by atoms with van der Waals surface area (Å²) in [6, 6.07) is 4.49.